The molecule has 0 bridgehead atoms. The maximum Gasteiger partial charge on any atom is 0.418 e. The molecule has 140 valence electrons. The van der Waals surface area contributed by atoms with E-state index in [9.17, 15) is 22.8 Å². The molecule has 1 unspecified atom stereocenters. The molecule has 5 nitrogen and oxygen atoms in total. The Morgan fingerprint density at radius 2 is 1.67 bits per heavy atom. The zero-order chi connectivity index (χ0) is 19.6. The lowest BCUT2D eigenvalue weighted by atomic mass is 9.95. The molecule has 27 heavy (non-hydrogen) atoms. The van der Waals surface area contributed by atoms with Crippen LogP contribution in [0, 0.1) is 0 Å². The van der Waals surface area contributed by atoms with Crippen LogP contribution in [-0.4, -0.2) is 11.9 Å². The number of carbonyl (C=O) groups is 2. The predicted octanol–water partition coefficient (Wildman–Crippen LogP) is 3.97. The van der Waals surface area contributed by atoms with Crippen LogP contribution in [0.3, 0.4) is 0 Å². The third kappa shape index (κ3) is 3.94. The lowest BCUT2D eigenvalue weighted by molar-refractivity contribution is -0.137. The number of hydrogen-bond donors (Lipinski definition) is 3. The van der Waals surface area contributed by atoms with E-state index < -0.39 is 29.7 Å². The standard InChI is InChI=1S/C19H16F3N3O2/c1-11-15(16(25-18(27)23-11)12-7-3-2-4-8-12)17(26)24-14-10-6-5-9-13(14)19(20,21)22/h2-10,16H,1H3,(H,24,26)(H2,23,25,27). The Balaban J connectivity index is 1.97. The van der Waals surface area contributed by atoms with Crippen molar-refractivity contribution in [1.82, 2.24) is 10.6 Å². The van der Waals surface area contributed by atoms with Crippen molar-refractivity contribution in [2.75, 3.05) is 5.32 Å². The maximum atomic E-state index is 13.2. The van der Waals surface area contributed by atoms with Crippen LogP contribution in [0.15, 0.2) is 65.9 Å². The molecule has 1 atom stereocenters. The molecule has 0 saturated heterocycles. The van der Waals surface area contributed by atoms with Crippen molar-refractivity contribution < 1.29 is 22.8 Å². The molecule has 3 rings (SSSR count). The second-order valence-electron chi connectivity index (χ2n) is 5.98. The minimum Gasteiger partial charge on any atom is -0.327 e. The zero-order valence-corrected chi connectivity index (χ0v) is 14.2. The number of benzene rings is 2. The molecule has 8 heteroatoms. The zero-order valence-electron chi connectivity index (χ0n) is 14.2. The van der Waals surface area contributed by atoms with E-state index in [1.165, 1.54) is 25.1 Å². The van der Waals surface area contributed by atoms with Gasteiger partial charge in [-0.3, -0.25) is 4.79 Å². The smallest absolute Gasteiger partial charge is 0.327 e. The van der Waals surface area contributed by atoms with Crippen LogP contribution >= 0.6 is 0 Å². The molecule has 3 amide bonds. The van der Waals surface area contributed by atoms with Crippen molar-refractivity contribution in [3.8, 4) is 0 Å². The second kappa shape index (κ2) is 7.14. The Morgan fingerprint density at radius 1 is 1.04 bits per heavy atom. The van der Waals surface area contributed by atoms with Gasteiger partial charge in [-0.05, 0) is 24.6 Å². The molecule has 0 saturated carbocycles. The van der Waals surface area contributed by atoms with Gasteiger partial charge in [0.15, 0.2) is 0 Å². The number of rotatable bonds is 3. The molecule has 0 fully saturated rings. The highest BCUT2D eigenvalue weighted by molar-refractivity contribution is 6.07. The molecule has 0 aromatic heterocycles. The van der Waals surface area contributed by atoms with Crippen molar-refractivity contribution in [2.45, 2.75) is 19.1 Å². The highest BCUT2D eigenvalue weighted by Crippen LogP contribution is 2.35. The number of halogens is 3. The van der Waals surface area contributed by atoms with Crippen molar-refractivity contribution in [3.05, 3.63) is 77.0 Å². The quantitative estimate of drug-likeness (QED) is 0.760. The first-order valence-electron chi connectivity index (χ1n) is 8.08. The summed E-state index contributed by atoms with van der Waals surface area (Å²) < 4.78 is 39.5. The predicted molar refractivity (Wildman–Crippen MR) is 93.6 cm³/mol. The Bertz CT molecular complexity index is 908. The van der Waals surface area contributed by atoms with E-state index >= 15 is 0 Å². The second-order valence-corrected chi connectivity index (χ2v) is 5.98. The number of alkyl halides is 3. The van der Waals surface area contributed by atoms with Crippen LogP contribution in [0.2, 0.25) is 0 Å². The van der Waals surface area contributed by atoms with Gasteiger partial charge in [0.1, 0.15) is 0 Å². The topological polar surface area (TPSA) is 70.2 Å². The minimum absolute atomic E-state index is 0.137. The van der Waals surface area contributed by atoms with Gasteiger partial charge in [0.2, 0.25) is 0 Å². The van der Waals surface area contributed by atoms with Crippen LogP contribution in [0.5, 0.6) is 0 Å². The summed E-state index contributed by atoms with van der Waals surface area (Å²) in [6, 6.07) is 12.2. The lowest BCUT2D eigenvalue weighted by Gasteiger charge is -2.29. The summed E-state index contributed by atoms with van der Waals surface area (Å²) >= 11 is 0. The van der Waals surface area contributed by atoms with E-state index in [0.29, 0.717) is 5.56 Å². The molecule has 1 aliphatic heterocycles. The van der Waals surface area contributed by atoms with Gasteiger partial charge < -0.3 is 16.0 Å². The number of nitrogens with one attached hydrogen (secondary N) is 3. The maximum absolute atomic E-state index is 13.2. The summed E-state index contributed by atoms with van der Waals surface area (Å²) in [5.41, 5.74) is -0.243. The van der Waals surface area contributed by atoms with Gasteiger partial charge in [-0.25, -0.2) is 4.79 Å². The monoisotopic (exact) mass is 375 g/mol. The fourth-order valence-electron chi connectivity index (χ4n) is 2.92. The highest BCUT2D eigenvalue weighted by Gasteiger charge is 2.35. The molecule has 0 aliphatic carbocycles. The number of allylic oxidation sites excluding steroid dienone is 1. The average molecular weight is 375 g/mol. The number of para-hydroxylation sites is 1. The lowest BCUT2D eigenvalue weighted by Crippen LogP contribution is -2.46. The largest absolute Gasteiger partial charge is 0.418 e. The van der Waals surface area contributed by atoms with Crippen molar-refractivity contribution >= 4 is 17.6 Å². The van der Waals surface area contributed by atoms with E-state index in [1.54, 1.807) is 30.3 Å². The molecular formula is C19H16F3N3O2. The molecule has 3 N–H and O–H groups in total. The van der Waals surface area contributed by atoms with Crippen LogP contribution < -0.4 is 16.0 Å². The summed E-state index contributed by atoms with van der Waals surface area (Å²) in [5, 5.41) is 7.44. The Morgan fingerprint density at radius 3 is 2.33 bits per heavy atom. The molecular weight excluding hydrogens is 359 g/mol. The fraction of sp³-hybridized carbons (Fsp3) is 0.158. The van der Waals surface area contributed by atoms with Gasteiger partial charge in [-0.1, -0.05) is 42.5 Å². The number of carbonyl (C=O) groups excluding carboxylic acids is 2. The Hall–Kier alpha value is -3.29. The fourth-order valence-corrected chi connectivity index (χ4v) is 2.92. The van der Waals surface area contributed by atoms with Crippen LogP contribution in [0.25, 0.3) is 0 Å². The van der Waals surface area contributed by atoms with Crippen LogP contribution in [-0.2, 0) is 11.0 Å². The summed E-state index contributed by atoms with van der Waals surface area (Å²) in [4.78, 5) is 24.7. The molecule has 0 spiro atoms. The Kier molecular flexibility index (Phi) is 4.89. The molecule has 0 radical (unpaired) electrons. The first-order valence-corrected chi connectivity index (χ1v) is 8.08. The highest BCUT2D eigenvalue weighted by atomic mass is 19.4. The summed E-state index contributed by atoms with van der Waals surface area (Å²) in [6.45, 7) is 1.53. The van der Waals surface area contributed by atoms with Gasteiger partial charge >= 0.3 is 12.2 Å². The van der Waals surface area contributed by atoms with Gasteiger partial charge in [-0.15, -0.1) is 0 Å². The normalized spacial score (nSPS) is 17.2. The van der Waals surface area contributed by atoms with Crippen molar-refractivity contribution in [3.63, 3.8) is 0 Å². The van der Waals surface area contributed by atoms with Gasteiger partial charge in [0, 0.05) is 5.70 Å². The van der Waals surface area contributed by atoms with Gasteiger partial charge in [0.05, 0.1) is 22.9 Å². The average Bonchev–Trinajstić information content (AvgIpc) is 2.61. The van der Waals surface area contributed by atoms with E-state index in [0.717, 1.165) is 6.07 Å². The third-order valence-corrected chi connectivity index (χ3v) is 4.13. The van der Waals surface area contributed by atoms with E-state index in [2.05, 4.69) is 16.0 Å². The number of urea groups is 1. The van der Waals surface area contributed by atoms with E-state index in [4.69, 9.17) is 0 Å². The number of amides is 3. The molecule has 1 heterocycles. The van der Waals surface area contributed by atoms with Crippen LogP contribution in [0.4, 0.5) is 23.7 Å². The van der Waals surface area contributed by atoms with Gasteiger partial charge in [-0.2, -0.15) is 13.2 Å². The summed E-state index contributed by atoms with van der Waals surface area (Å²) in [5.74, 6) is -0.731. The summed E-state index contributed by atoms with van der Waals surface area (Å²) in [6.07, 6.45) is -4.61. The van der Waals surface area contributed by atoms with Crippen molar-refractivity contribution in [1.29, 1.82) is 0 Å². The Labute approximate surface area is 153 Å². The molecule has 2 aromatic rings. The molecule has 2 aromatic carbocycles. The third-order valence-electron chi connectivity index (χ3n) is 4.13. The number of hydrogen-bond acceptors (Lipinski definition) is 2. The number of anilines is 1. The van der Waals surface area contributed by atoms with Gasteiger partial charge in [0.25, 0.3) is 5.91 Å². The van der Waals surface area contributed by atoms with E-state index in [1.807, 2.05) is 0 Å². The first kappa shape index (κ1) is 18.5. The van der Waals surface area contributed by atoms with Crippen LogP contribution in [0.1, 0.15) is 24.1 Å². The van der Waals surface area contributed by atoms with E-state index in [-0.39, 0.29) is 17.0 Å². The summed E-state index contributed by atoms with van der Waals surface area (Å²) in [7, 11) is 0. The molecule has 1 aliphatic rings. The minimum atomic E-state index is -4.61. The first-order chi connectivity index (χ1) is 12.8. The van der Waals surface area contributed by atoms with Crippen molar-refractivity contribution in [2.24, 2.45) is 0 Å². The SMILES string of the molecule is CC1=C(C(=O)Nc2ccccc2C(F)(F)F)C(c2ccccc2)NC(=O)N1.